The molecule has 6 nitrogen and oxygen atoms in total. The van der Waals surface area contributed by atoms with Crippen molar-refractivity contribution in [3.05, 3.63) is 88.1 Å². The van der Waals surface area contributed by atoms with Crippen molar-refractivity contribution in [3.8, 4) is 0 Å². The van der Waals surface area contributed by atoms with E-state index in [2.05, 4.69) is 20.8 Å². The average molecular weight is 529 g/mol. The Morgan fingerprint density at radius 1 is 0.944 bits per heavy atom. The van der Waals surface area contributed by atoms with Crippen molar-refractivity contribution in [1.29, 1.82) is 0 Å². The maximum atomic E-state index is 13.6. The lowest BCUT2D eigenvalue weighted by molar-refractivity contribution is -0.132. The van der Waals surface area contributed by atoms with Crippen LogP contribution in [0.1, 0.15) is 43.2 Å². The maximum absolute atomic E-state index is 13.6. The van der Waals surface area contributed by atoms with Gasteiger partial charge in [-0.3, -0.25) is 4.79 Å². The van der Waals surface area contributed by atoms with Crippen LogP contribution in [0, 0.1) is 0 Å². The largest absolute Gasteiger partial charge is 0.385 e. The number of thiophene rings is 1. The zero-order chi connectivity index (χ0) is 26.2. The molecule has 8 heteroatoms. The van der Waals surface area contributed by atoms with E-state index >= 15 is 0 Å². The molecular formula is C28H36N2O4S2. The van der Waals surface area contributed by atoms with Crippen molar-refractivity contribution in [3.63, 3.8) is 0 Å². The van der Waals surface area contributed by atoms with Gasteiger partial charge in [0.25, 0.3) is 0 Å². The van der Waals surface area contributed by atoms with Crippen LogP contribution in [0.2, 0.25) is 0 Å². The number of carbonyl (C=O) groups excluding carboxylic acids is 1. The molecule has 1 aromatic heterocycles. The van der Waals surface area contributed by atoms with Crippen molar-refractivity contribution in [2.45, 2.75) is 50.6 Å². The Balaban J connectivity index is 1.86. The summed E-state index contributed by atoms with van der Waals surface area (Å²) in [6.45, 7) is 7.46. The van der Waals surface area contributed by atoms with Crippen LogP contribution in [0.5, 0.6) is 0 Å². The Bertz CT molecular complexity index is 1190. The summed E-state index contributed by atoms with van der Waals surface area (Å²) in [7, 11) is -2.29. The molecule has 0 spiro atoms. The molecule has 36 heavy (non-hydrogen) atoms. The first-order valence-electron chi connectivity index (χ1n) is 12.0. The molecule has 0 fully saturated rings. The van der Waals surface area contributed by atoms with Crippen LogP contribution >= 0.6 is 11.3 Å². The molecule has 194 valence electrons. The number of methoxy groups -OCH3 is 1. The van der Waals surface area contributed by atoms with E-state index in [1.54, 1.807) is 35.5 Å². The molecular weight excluding hydrogens is 492 g/mol. The van der Waals surface area contributed by atoms with E-state index in [9.17, 15) is 13.2 Å². The van der Waals surface area contributed by atoms with E-state index in [1.165, 1.54) is 4.31 Å². The molecule has 0 unspecified atom stereocenters. The summed E-state index contributed by atoms with van der Waals surface area (Å²) in [6.07, 6.45) is 0.493. The second-order valence-corrected chi connectivity index (χ2v) is 12.7. The summed E-state index contributed by atoms with van der Waals surface area (Å²) in [6, 6.07) is 20.7. The topological polar surface area (TPSA) is 66.9 Å². The molecule has 0 aliphatic carbocycles. The first-order chi connectivity index (χ1) is 17.1. The zero-order valence-electron chi connectivity index (χ0n) is 21.5. The molecule has 0 N–H and O–H groups in total. The van der Waals surface area contributed by atoms with Gasteiger partial charge in [0.1, 0.15) is 0 Å². The highest BCUT2D eigenvalue weighted by molar-refractivity contribution is 7.89. The lowest BCUT2D eigenvalue weighted by atomic mass is 9.87. The first kappa shape index (κ1) is 28.1. The Morgan fingerprint density at radius 3 is 2.22 bits per heavy atom. The van der Waals surface area contributed by atoms with Crippen LogP contribution in [0.3, 0.4) is 0 Å². The predicted octanol–water partition coefficient (Wildman–Crippen LogP) is 5.30. The summed E-state index contributed by atoms with van der Waals surface area (Å²) in [4.78, 5) is 16.5. The van der Waals surface area contributed by atoms with Gasteiger partial charge in [-0.15, -0.1) is 11.3 Å². The third kappa shape index (κ3) is 7.74. The number of carbonyl (C=O) groups is 1. The van der Waals surface area contributed by atoms with E-state index in [1.807, 2.05) is 60.0 Å². The maximum Gasteiger partial charge on any atom is 0.243 e. The normalized spacial score (nSPS) is 12.1. The molecule has 0 atom stereocenters. The SMILES string of the molecule is COCCCN(CC(=O)N(Cc1ccccc1)Cc1cccs1)S(=O)(=O)c1ccc(C(C)(C)C)cc1. The van der Waals surface area contributed by atoms with E-state index in [0.29, 0.717) is 26.1 Å². The van der Waals surface area contributed by atoms with Crippen molar-refractivity contribution < 1.29 is 17.9 Å². The number of ether oxygens (including phenoxy) is 1. The third-order valence-electron chi connectivity index (χ3n) is 5.92. The van der Waals surface area contributed by atoms with Crippen LogP contribution in [0.25, 0.3) is 0 Å². The monoisotopic (exact) mass is 528 g/mol. The van der Waals surface area contributed by atoms with Gasteiger partial charge in [-0.2, -0.15) is 4.31 Å². The molecule has 0 saturated carbocycles. The van der Waals surface area contributed by atoms with Crippen LogP contribution < -0.4 is 0 Å². The summed E-state index contributed by atoms with van der Waals surface area (Å²) in [5.74, 6) is -0.237. The number of sulfonamides is 1. The molecule has 0 radical (unpaired) electrons. The summed E-state index contributed by atoms with van der Waals surface area (Å²) < 4.78 is 33.7. The van der Waals surface area contributed by atoms with Gasteiger partial charge in [0, 0.05) is 31.7 Å². The van der Waals surface area contributed by atoms with Gasteiger partial charge in [-0.1, -0.05) is 69.3 Å². The molecule has 0 bridgehead atoms. The van der Waals surface area contributed by atoms with Crippen molar-refractivity contribution in [1.82, 2.24) is 9.21 Å². The second kappa shape index (κ2) is 12.6. The van der Waals surface area contributed by atoms with E-state index in [4.69, 9.17) is 4.74 Å². The highest BCUT2D eigenvalue weighted by Crippen LogP contribution is 2.25. The Labute approximate surface area is 219 Å². The number of rotatable bonds is 12. The van der Waals surface area contributed by atoms with Crippen LogP contribution in [0.4, 0.5) is 0 Å². The van der Waals surface area contributed by atoms with Crippen molar-refractivity contribution >= 4 is 27.3 Å². The number of hydrogen-bond donors (Lipinski definition) is 0. The second-order valence-electron chi connectivity index (χ2n) is 9.77. The molecule has 2 aromatic carbocycles. The minimum Gasteiger partial charge on any atom is -0.385 e. The highest BCUT2D eigenvalue weighted by Gasteiger charge is 2.29. The van der Waals surface area contributed by atoms with Crippen molar-refractivity contribution in [2.24, 2.45) is 0 Å². The van der Waals surface area contributed by atoms with Gasteiger partial charge in [-0.25, -0.2) is 8.42 Å². The van der Waals surface area contributed by atoms with Gasteiger partial charge in [-0.05, 0) is 46.5 Å². The Kier molecular flexibility index (Phi) is 9.84. The molecule has 0 saturated heterocycles. The first-order valence-corrected chi connectivity index (χ1v) is 14.4. The summed E-state index contributed by atoms with van der Waals surface area (Å²) in [5, 5.41) is 1.98. The lowest BCUT2D eigenvalue weighted by Crippen LogP contribution is -2.43. The third-order valence-corrected chi connectivity index (χ3v) is 8.64. The number of benzene rings is 2. The standard InChI is InChI=1S/C28H36N2O4S2/c1-28(2,3)24-13-15-26(16-14-24)36(32,33)30(17-9-18-34-4)22-27(31)29(21-25-12-8-19-35-25)20-23-10-6-5-7-11-23/h5-8,10-16,19H,9,17-18,20-22H2,1-4H3. The average Bonchev–Trinajstić information content (AvgIpc) is 3.36. The minimum absolute atomic E-state index is 0.0872. The van der Waals surface area contributed by atoms with Crippen LogP contribution in [-0.4, -0.2) is 50.3 Å². The molecule has 0 aliphatic rings. The van der Waals surface area contributed by atoms with Crippen molar-refractivity contribution in [2.75, 3.05) is 26.8 Å². The minimum atomic E-state index is -3.87. The Morgan fingerprint density at radius 2 is 1.64 bits per heavy atom. The fourth-order valence-electron chi connectivity index (χ4n) is 3.82. The van der Waals surface area contributed by atoms with E-state index < -0.39 is 10.0 Å². The highest BCUT2D eigenvalue weighted by atomic mass is 32.2. The smallest absolute Gasteiger partial charge is 0.243 e. The quantitative estimate of drug-likeness (QED) is 0.299. The molecule has 3 rings (SSSR count). The van der Waals surface area contributed by atoms with E-state index in [0.717, 1.165) is 16.0 Å². The summed E-state index contributed by atoms with van der Waals surface area (Å²) in [5.41, 5.74) is 1.96. The molecule has 1 amide bonds. The molecule has 3 aromatic rings. The molecule has 0 aliphatic heterocycles. The lowest BCUT2D eigenvalue weighted by Gasteiger charge is -2.27. The van der Waals surface area contributed by atoms with Gasteiger partial charge in [0.2, 0.25) is 15.9 Å². The molecule has 1 heterocycles. The predicted molar refractivity (Wildman–Crippen MR) is 145 cm³/mol. The van der Waals surface area contributed by atoms with E-state index in [-0.39, 0.29) is 29.3 Å². The van der Waals surface area contributed by atoms with Gasteiger partial charge >= 0.3 is 0 Å². The van der Waals surface area contributed by atoms with Gasteiger partial charge < -0.3 is 9.64 Å². The fraction of sp³-hybridized carbons (Fsp3) is 0.393. The zero-order valence-corrected chi connectivity index (χ0v) is 23.1. The summed E-state index contributed by atoms with van der Waals surface area (Å²) >= 11 is 1.58. The number of amides is 1. The fourth-order valence-corrected chi connectivity index (χ4v) is 5.97. The Hall–Kier alpha value is -2.52. The van der Waals surface area contributed by atoms with Crippen LogP contribution in [-0.2, 0) is 38.1 Å². The van der Waals surface area contributed by atoms with Gasteiger partial charge in [0.05, 0.1) is 18.0 Å². The number of hydrogen-bond acceptors (Lipinski definition) is 5. The van der Waals surface area contributed by atoms with Gasteiger partial charge in [0.15, 0.2) is 0 Å². The number of nitrogens with zero attached hydrogens (tertiary/aromatic N) is 2. The van der Waals surface area contributed by atoms with Crippen LogP contribution in [0.15, 0.2) is 77.0 Å².